The van der Waals surface area contributed by atoms with E-state index in [4.69, 9.17) is 10.00 Å². The molecule has 1 aliphatic heterocycles. The smallest absolute Gasteiger partial charge is 0.229 e. The molecule has 0 radical (unpaired) electrons. The molecule has 2 amide bonds. The molecule has 1 unspecified atom stereocenters. The predicted octanol–water partition coefficient (Wildman–Crippen LogP) is 2.60. The lowest BCUT2D eigenvalue weighted by molar-refractivity contribution is -0.128. The van der Waals surface area contributed by atoms with Crippen LogP contribution in [-0.2, 0) is 16.0 Å². The van der Waals surface area contributed by atoms with Crippen LogP contribution >= 0.6 is 0 Å². The van der Waals surface area contributed by atoms with Crippen molar-refractivity contribution < 1.29 is 14.3 Å². The molecule has 1 heterocycles. The summed E-state index contributed by atoms with van der Waals surface area (Å²) in [6.45, 7) is 0.952. The number of hydrogen-bond donors (Lipinski definition) is 1. The molecule has 2 aromatic rings. The number of nitrogens with one attached hydrogen (secondary N) is 1. The van der Waals surface area contributed by atoms with Gasteiger partial charge in [0.15, 0.2) is 0 Å². The third-order valence-electron chi connectivity index (χ3n) is 4.70. The van der Waals surface area contributed by atoms with Gasteiger partial charge in [0.05, 0.1) is 24.3 Å². The van der Waals surface area contributed by atoms with E-state index in [-0.39, 0.29) is 18.2 Å². The number of amides is 2. The quantitative estimate of drug-likeness (QED) is 0.855. The highest BCUT2D eigenvalue weighted by Gasteiger charge is 2.34. The van der Waals surface area contributed by atoms with Gasteiger partial charge in [-0.25, -0.2) is 0 Å². The lowest BCUT2D eigenvalue weighted by atomic mass is 10.1. The SMILES string of the molecule is COc1cccc(CCN2CC(C(=O)Nc3ccccc3C#N)CC2=O)c1. The van der Waals surface area contributed by atoms with Crippen molar-refractivity contribution in [1.82, 2.24) is 4.90 Å². The highest BCUT2D eigenvalue weighted by atomic mass is 16.5. The number of anilines is 1. The second-order valence-electron chi connectivity index (χ2n) is 6.49. The molecule has 0 aliphatic carbocycles. The molecule has 0 bridgehead atoms. The van der Waals surface area contributed by atoms with Gasteiger partial charge in [-0.1, -0.05) is 24.3 Å². The Morgan fingerprint density at radius 1 is 1.30 bits per heavy atom. The van der Waals surface area contributed by atoms with Gasteiger partial charge in [-0.15, -0.1) is 0 Å². The monoisotopic (exact) mass is 363 g/mol. The third-order valence-corrected chi connectivity index (χ3v) is 4.70. The second-order valence-corrected chi connectivity index (χ2v) is 6.49. The van der Waals surface area contributed by atoms with E-state index in [1.807, 2.05) is 24.3 Å². The van der Waals surface area contributed by atoms with Crippen molar-refractivity contribution in [2.75, 3.05) is 25.5 Å². The van der Waals surface area contributed by atoms with E-state index in [9.17, 15) is 9.59 Å². The molecule has 1 aliphatic rings. The van der Waals surface area contributed by atoms with E-state index in [1.54, 1.807) is 36.3 Å². The standard InChI is InChI=1S/C21H21N3O3/c1-27-18-7-4-5-15(11-18)9-10-24-14-17(12-20(24)25)21(26)23-19-8-3-2-6-16(19)13-22/h2-8,11,17H,9-10,12,14H2,1H3,(H,23,26). The first kappa shape index (κ1) is 18.5. The summed E-state index contributed by atoms with van der Waals surface area (Å²) in [4.78, 5) is 26.5. The first-order chi connectivity index (χ1) is 13.1. The van der Waals surface area contributed by atoms with Gasteiger partial charge in [0.25, 0.3) is 0 Å². The minimum absolute atomic E-state index is 0.0217. The molecule has 0 aromatic heterocycles. The van der Waals surface area contributed by atoms with Gasteiger partial charge in [-0.3, -0.25) is 9.59 Å². The molecule has 3 rings (SSSR count). The van der Waals surface area contributed by atoms with Crippen molar-refractivity contribution in [2.45, 2.75) is 12.8 Å². The maximum Gasteiger partial charge on any atom is 0.229 e. The summed E-state index contributed by atoms with van der Waals surface area (Å²) in [6, 6.07) is 16.6. The fourth-order valence-electron chi connectivity index (χ4n) is 3.18. The maximum absolute atomic E-state index is 12.5. The predicted molar refractivity (Wildman–Crippen MR) is 101 cm³/mol. The molecule has 27 heavy (non-hydrogen) atoms. The largest absolute Gasteiger partial charge is 0.497 e. The Labute approximate surface area is 158 Å². The fraction of sp³-hybridized carbons (Fsp3) is 0.286. The molecule has 0 saturated carbocycles. The summed E-state index contributed by atoms with van der Waals surface area (Å²) >= 11 is 0. The second kappa shape index (κ2) is 8.37. The molecule has 6 heteroatoms. The zero-order valence-corrected chi connectivity index (χ0v) is 15.1. The maximum atomic E-state index is 12.5. The number of likely N-dealkylation sites (tertiary alicyclic amines) is 1. The summed E-state index contributed by atoms with van der Waals surface area (Å²) in [5.74, 6) is 0.129. The molecule has 1 saturated heterocycles. The van der Waals surface area contributed by atoms with Crippen molar-refractivity contribution in [3.63, 3.8) is 0 Å². The Morgan fingerprint density at radius 3 is 2.89 bits per heavy atom. The van der Waals surface area contributed by atoms with Crippen LogP contribution in [0, 0.1) is 17.2 Å². The van der Waals surface area contributed by atoms with Crippen LogP contribution in [-0.4, -0.2) is 36.9 Å². The topological polar surface area (TPSA) is 82.4 Å². The highest BCUT2D eigenvalue weighted by Crippen LogP contribution is 2.22. The van der Waals surface area contributed by atoms with E-state index in [1.165, 1.54) is 0 Å². The lowest BCUT2D eigenvalue weighted by Crippen LogP contribution is -2.30. The number of hydrogen-bond acceptors (Lipinski definition) is 4. The number of benzene rings is 2. The number of nitriles is 1. The van der Waals surface area contributed by atoms with Crippen LogP contribution in [0.3, 0.4) is 0 Å². The van der Waals surface area contributed by atoms with Gasteiger partial charge in [-0.05, 0) is 36.2 Å². The van der Waals surface area contributed by atoms with Crippen LogP contribution < -0.4 is 10.1 Å². The van der Waals surface area contributed by atoms with E-state index in [2.05, 4.69) is 11.4 Å². The van der Waals surface area contributed by atoms with Crippen LogP contribution in [0.4, 0.5) is 5.69 Å². The molecule has 0 spiro atoms. The highest BCUT2D eigenvalue weighted by molar-refractivity contribution is 5.98. The minimum Gasteiger partial charge on any atom is -0.497 e. The zero-order chi connectivity index (χ0) is 19.2. The number of para-hydroxylation sites is 1. The first-order valence-corrected chi connectivity index (χ1v) is 8.81. The van der Waals surface area contributed by atoms with Gasteiger partial charge < -0.3 is 15.0 Å². The molecule has 1 fully saturated rings. The van der Waals surface area contributed by atoms with Crippen molar-refractivity contribution in [3.05, 3.63) is 59.7 Å². The van der Waals surface area contributed by atoms with Crippen molar-refractivity contribution in [2.24, 2.45) is 5.92 Å². The van der Waals surface area contributed by atoms with Crippen LogP contribution in [0.2, 0.25) is 0 Å². The number of carbonyl (C=O) groups excluding carboxylic acids is 2. The Hall–Kier alpha value is -3.33. The van der Waals surface area contributed by atoms with Gasteiger partial charge in [0.1, 0.15) is 11.8 Å². The average Bonchev–Trinajstić information content (AvgIpc) is 3.07. The number of methoxy groups -OCH3 is 1. The third kappa shape index (κ3) is 4.45. The fourth-order valence-corrected chi connectivity index (χ4v) is 3.18. The summed E-state index contributed by atoms with van der Waals surface area (Å²) in [5, 5.41) is 11.9. The Balaban J connectivity index is 1.58. The van der Waals surface area contributed by atoms with E-state index in [0.717, 1.165) is 11.3 Å². The summed E-state index contributed by atoms with van der Waals surface area (Å²) in [5.41, 5.74) is 1.97. The van der Waals surface area contributed by atoms with E-state index >= 15 is 0 Å². The van der Waals surface area contributed by atoms with Gasteiger partial charge in [0, 0.05) is 19.5 Å². The van der Waals surface area contributed by atoms with Crippen molar-refractivity contribution in [3.8, 4) is 11.8 Å². The number of ether oxygens (including phenoxy) is 1. The summed E-state index contributed by atoms with van der Waals surface area (Å²) < 4.78 is 5.22. The van der Waals surface area contributed by atoms with Gasteiger partial charge in [-0.2, -0.15) is 5.26 Å². The minimum atomic E-state index is -0.408. The molecular weight excluding hydrogens is 342 g/mol. The van der Waals surface area contributed by atoms with Crippen molar-refractivity contribution >= 4 is 17.5 Å². The Bertz CT molecular complexity index is 888. The lowest BCUT2D eigenvalue weighted by Gasteiger charge is -2.17. The van der Waals surface area contributed by atoms with Crippen LogP contribution in [0.15, 0.2) is 48.5 Å². The van der Waals surface area contributed by atoms with Crippen LogP contribution in [0.5, 0.6) is 5.75 Å². The average molecular weight is 363 g/mol. The van der Waals surface area contributed by atoms with Gasteiger partial charge in [0.2, 0.25) is 11.8 Å². The molecule has 6 nitrogen and oxygen atoms in total. The first-order valence-electron chi connectivity index (χ1n) is 8.81. The van der Waals surface area contributed by atoms with Crippen molar-refractivity contribution in [1.29, 1.82) is 5.26 Å². The summed E-state index contributed by atoms with van der Waals surface area (Å²) in [6.07, 6.45) is 0.896. The van der Waals surface area contributed by atoms with Crippen LogP contribution in [0.25, 0.3) is 0 Å². The van der Waals surface area contributed by atoms with E-state index < -0.39 is 5.92 Å². The number of rotatable bonds is 6. The molecule has 1 atom stereocenters. The molecule has 138 valence electrons. The van der Waals surface area contributed by atoms with E-state index in [0.29, 0.717) is 30.8 Å². The summed E-state index contributed by atoms with van der Waals surface area (Å²) in [7, 11) is 1.62. The molecular formula is C21H21N3O3. The van der Waals surface area contributed by atoms with Gasteiger partial charge >= 0.3 is 0 Å². The zero-order valence-electron chi connectivity index (χ0n) is 15.1. The normalized spacial score (nSPS) is 16.1. The Morgan fingerprint density at radius 2 is 2.11 bits per heavy atom. The molecule has 1 N–H and O–H groups in total. The molecule has 2 aromatic carbocycles. The number of nitrogens with zero attached hydrogens (tertiary/aromatic N) is 2. The number of carbonyl (C=O) groups is 2. The Kier molecular flexibility index (Phi) is 5.72. The van der Waals surface area contributed by atoms with Crippen LogP contribution in [0.1, 0.15) is 17.5 Å².